The number of nitrogens with two attached hydrogens (primary N) is 1. The summed E-state index contributed by atoms with van der Waals surface area (Å²) in [6.45, 7) is 4.76. The molecule has 0 amide bonds. The molecule has 1 aromatic carbocycles. The summed E-state index contributed by atoms with van der Waals surface area (Å²) in [6, 6.07) is 5.61. The van der Waals surface area contributed by atoms with Crippen LogP contribution in [0.2, 0.25) is 0 Å². The number of esters is 1. The molecule has 20 heavy (non-hydrogen) atoms. The first-order valence-electron chi connectivity index (χ1n) is 6.80. The Balaban J connectivity index is 2.01. The predicted molar refractivity (Wildman–Crippen MR) is 77.5 cm³/mol. The number of hydrogen-bond donors (Lipinski definition) is 2. The van der Waals surface area contributed by atoms with Crippen molar-refractivity contribution in [3.8, 4) is 0 Å². The van der Waals surface area contributed by atoms with Gasteiger partial charge in [-0.2, -0.15) is 5.10 Å². The Kier molecular flexibility index (Phi) is 3.00. The van der Waals surface area contributed by atoms with Gasteiger partial charge in [-0.3, -0.25) is 4.79 Å². The van der Waals surface area contributed by atoms with Crippen LogP contribution in [0.25, 0.3) is 10.9 Å². The Bertz CT molecular complexity index is 664. The van der Waals surface area contributed by atoms with E-state index in [1.807, 2.05) is 36.7 Å². The molecule has 1 aliphatic heterocycles. The summed E-state index contributed by atoms with van der Waals surface area (Å²) in [5.74, 6) is 0.527. The first kappa shape index (κ1) is 12.8. The minimum absolute atomic E-state index is 0.0427. The normalized spacial score (nSPS) is 21.3. The van der Waals surface area contributed by atoms with Crippen LogP contribution in [-0.4, -0.2) is 28.9 Å². The maximum atomic E-state index is 12.0. The van der Waals surface area contributed by atoms with E-state index in [0.717, 1.165) is 16.7 Å². The van der Waals surface area contributed by atoms with Gasteiger partial charge in [-0.1, -0.05) is 0 Å². The van der Waals surface area contributed by atoms with Crippen molar-refractivity contribution < 1.29 is 9.53 Å². The molecule has 0 radical (unpaired) electrons. The van der Waals surface area contributed by atoms with Gasteiger partial charge in [0, 0.05) is 17.6 Å². The third kappa shape index (κ3) is 1.88. The van der Waals surface area contributed by atoms with E-state index in [0.29, 0.717) is 18.8 Å². The summed E-state index contributed by atoms with van der Waals surface area (Å²) in [5, 5.41) is 8.86. The molecule has 6 heteroatoms. The molecule has 1 aromatic heterocycles. The maximum absolute atomic E-state index is 12.0. The average Bonchev–Trinajstić information content (AvgIpc) is 2.78. The highest BCUT2D eigenvalue weighted by molar-refractivity contribution is 5.92. The molecule has 0 aliphatic carbocycles. The molecule has 106 valence electrons. The SMILES string of the molecule is CCOC(=O)C1CNc2c3ccc(N)cc3nn2C1C. The summed E-state index contributed by atoms with van der Waals surface area (Å²) in [4.78, 5) is 12.0. The molecule has 2 unspecified atom stereocenters. The lowest BCUT2D eigenvalue weighted by molar-refractivity contribution is -0.149. The topological polar surface area (TPSA) is 82.2 Å². The van der Waals surface area contributed by atoms with Gasteiger partial charge in [0.1, 0.15) is 5.82 Å². The van der Waals surface area contributed by atoms with Crippen molar-refractivity contribution in [2.45, 2.75) is 19.9 Å². The molecule has 2 aromatic rings. The number of hydrogen-bond acceptors (Lipinski definition) is 5. The van der Waals surface area contributed by atoms with Crippen molar-refractivity contribution in [2.24, 2.45) is 5.92 Å². The van der Waals surface area contributed by atoms with Crippen molar-refractivity contribution >= 4 is 28.4 Å². The van der Waals surface area contributed by atoms with Crippen molar-refractivity contribution in [3.05, 3.63) is 18.2 Å². The smallest absolute Gasteiger partial charge is 0.312 e. The largest absolute Gasteiger partial charge is 0.466 e. The molecule has 2 atom stereocenters. The second-order valence-electron chi connectivity index (χ2n) is 5.05. The minimum Gasteiger partial charge on any atom is -0.466 e. The van der Waals surface area contributed by atoms with Crippen LogP contribution in [0.1, 0.15) is 19.9 Å². The highest BCUT2D eigenvalue weighted by Crippen LogP contribution is 2.34. The Hall–Kier alpha value is -2.24. The molecule has 0 saturated heterocycles. The van der Waals surface area contributed by atoms with Gasteiger partial charge >= 0.3 is 5.97 Å². The van der Waals surface area contributed by atoms with Gasteiger partial charge in [0.25, 0.3) is 0 Å². The van der Waals surface area contributed by atoms with Crippen molar-refractivity contribution in [1.82, 2.24) is 9.78 Å². The zero-order valence-electron chi connectivity index (χ0n) is 11.6. The number of nitrogens with one attached hydrogen (secondary N) is 1. The number of nitrogen functional groups attached to an aromatic ring is 1. The van der Waals surface area contributed by atoms with Crippen LogP contribution in [0.15, 0.2) is 18.2 Å². The Morgan fingerprint density at radius 3 is 3.15 bits per heavy atom. The predicted octanol–water partition coefficient (Wildman–Crippen LogP) is 1.78. The molecule has 0 fully saturated rings. The van der Waals surface area contributed by atoms with Gasteiger partial charge in [-0.15, -0.1) is 0 Å². The van der Waals surface area contributed by atoms with E-state index < -0.39 is 0 Å². The Morgan fingerprint density at radius 1 is 1.60 bits per heavy atom. The van der Waals surface area contributed by atoms with Gasteiger partial charge in [-0.25, -0.2) is 4.68 Å². The molecular formula is C14H18N4O2. The second-order valence-corrected chi connectivity index (χ2v) is 5.05. The summed E-state index contributed by atoms with van der Waals surface area (Å²) >= 11 is 0. The summed E-state index contributed by atoms with van der Waals surface area (Å²) in [5.41, 5.74) is 7.31. The first-order chi connectivity index (χ1) is 9.61. The standard InChI is InChI=1S/C14H18N4O2/c1-3-20-14(19)11-7-16-13-10-5-4-9(15)6-12(10)17-18(13)8(11)2/h4-6,8,11,16H,3,7,15H2,1-2H3. The van der Waals surface area contributed by atoms with Gasteiger partial charge in [0.05, 0.1) is 24.1 Å². The lowest BCUT2D eigenvalue weighted by Crippen LogP contribution is -2.37. The first-order valence-corrected chi connectivity index (χ1v) is 6.80. The van der Waals surface area contributed by atoms with Gasteiger partial charge in [-0.05, 0) is 32.0 Å². The number of carbonyl (C=O) groups is 1. The van der Waals surface area contributed by atoms with Crippen molar-refractivity contribution in [1.29, 1.82) is 0 Å². The monoisotopic (exact) mass is 274 g/mol. The van der Waals surface area contributed by atoms with Crippen LogP contribution in [0, 0.1) is 5.92 Å². The number of anilines is 2. The second kappa shape index (κ2) is 4.70. The number of rotatable bonds is 2. The Labute approximate surface area is 116 Å². The van der Waals surface area contributed by atoms with Crippen molar-refractivity contribution in [2.75, 3.05) is 24.2 Å². The highest BCUT2D eigenvalue weighted by Gasteiger charge is 2.34. The van der Waals surface area contributed by atoms with Crippen LogP contribution in [0.3, 0.4) is 0 Å². The van der Waals surface area contributed by atoms with Crippen LogP contribution in [0.4, 0.5) is 11.5 Å². The highest BCUT2D eigenvalue weighted by atomic mass is 16.5. The lowest BCUT2D eigenvalue weighted by atomic mass is 9.99. The van der Waals surface area contributed by atoms with Crippen LogP contribution < -0.4 is 11.1 Å². The van der Waals surface area contributed by atoms with Gasteiger partial charge in [0.15, 0.2) is 0 Å². The van der Waals surface area contributed by atoms with E-state index in [4.69, 9.17) is 10.5 Å². The van der Waals surface area contributed by atoms with Crippen LogP contribution >= 0.6 is 0 Å². The Morgan fingerprint density at radius 2 is 2.40 bits per heavy atom. The fourth-order valence-electron chi connectivity index (χ4n) is 2.67. The van der Waals surface area contributed by atoms with E-state index in [1.54, 1.807) is 0 Å². The molecule has 3 N–H and O–H groups in total. The third-order valence-corrected chi connectivity index (χ3v) is 3.77. The molecule has 0 spiro atoms. The molecule has 2 heterocycles. The third-order valence-electron chi connectivity index (χ3n) is 3.77. The van der Waals surface area contributed by atoms with E-state index in [-0.39, 0.29) is 17.9 Å². The number of benzene rings is 1. The molecule has 3 rings (SSSR count). The molecule has 0 bridgehead atoms. The summed E-state index contributed by atoms with van der Waals surface area (Å²) < 4.78 is 6.98. The summed E-state index contributed by atoms with van der Waals surface area (Å²) in [6.07, 6.45) is 0. The zero-order chi connectivity index (χ0) is 14.3. The molecular weight excluding hydrogens is 256 g/mol. The minimum atomic E-state index is -0.228. The fraction of sp³-hybridized carbons (Fsp3) is 0.429. The van der Waals surface area contributed by atoms with E-state index >= 15 is 0 Å². The number of fused-ring (bicyclic) bond motifs is 3. The molecule has 0 saturated carbocycles. The van der Waals surface area contributed by atoms with E-state index in [1.165, 1.54) is 0 Å². The summed E-state index contributed by atoms with van der Waals surface area (Å²) in [7, 11) is 0. The number of ether oxygens (including phenoxy) is 1. The fourth-order valence-corrected chi connectivity index (χ4v) is 2.67. The van der Waals surface area contributed by atoms with Gasteiger partial charge in [0.2, 0.25) is 0 Å². The van der Waals surface area contributed by atoms with Gasteiger partial charge < -0.3 is 15.8 Å². The van der Waals surface area contributed by atoms with E-state index in [9.17, 15) is 4.79 Å². The average molecular weight is 274 g/mol. The maximum Gasteiger partial charge on any atom is 0.312 e. The van der Waals surface area contributed by atoms with E-state index in [2.05, 4.69) is 10.4 Å². The zero-order valence-corrected chi connectivity index (χ0v) is 11.6. The molecule has 1 aliphatic rings. The number of carbonyl (C=O) groups excluding carboxylic acids is 1. The number of aromatic nitrogens is 2. The number of nitrogens with zero attached hydrogens (tertiary/aromatic N) is 2. The van der Waals surface area contributed by atoms with Crippen LogP contribution in [0.5, 0.6) is 0 Å². The van der Waals surface area contributed by atoms with Crippen molar-refractivity contribution in [3.63, 3.8) is 0 Å². The quantitative estimate of drug-likeness (QED) is 0.644. The lowest BCUT2D eigenvalue weighted by Gasteiger charge is -2.29. The van der Waals surface area contributed by atoms with Crippen LogP contribution in [-0.2, 0) is 9.53 Å². The molecule has 6 nitrogen and oxygen atoms in total.